The van der Waals surface area contributed by atoms with Crippen LogP contribution in [0.4, 0.5) is 0 Å². The van der Waals surface area contributed by atoms with Gasteiger partial charge in [0.25, 0.3) is 0 Å². The van der Waals surface area contributed by atoms with Crippen LogP contribution in [0.3, 0.4) is 0 Å². The Bertz CT molecular complexity index is 1490. The van der Waals surface area contributed by atoms with Gasteiger partial charge in [-0.15, -0.1) is 0 Å². The number of phosphoric acid groups is 2. The average Bonchev–Trinajstić information content (AvgIpc) is 3.38. The van der Waals surface area contributed by atoms with Gasteiger partial charge in [0, 0.05) is 25.7 Å². The van der Waals surface area contributed by atoms with Crippen LogP contribution in [0.2, 0.25) is 0 Å². The Morgan fingerprint density at radius 2 is 0.640 bits per heavy atom. The Kier molecular flexibility index (Phi) is 49.0. The first kappa shape index (κ1) is 73.1. The van der Waals surface area contributed by atoms with Crippen LogP contribution in [0.15, 0.2) is 0 Å². The fourth-order valence-corrected chi connectivity index (χ4v) is 9.71. The highest BCUT2D eigenvalue weighted by atomic mass is 31.2. The van der Waals surface area contributed by atoms with Crippen molar-refractivity contribution < 1.29 is 80.2 Å². The monoisotopic (exact) mass is 1110 g/mol. The second kappa shape index (κ2) is 50.3. The molecular weight excluding hydrogens is 1010 g/mol. The highest BCUT2D eigenvalue weighted by molar-refractivity contribution is 7.47. The van der Waals surface area contributed by atoms with Crippen LogP contribution >= 0.6 is 15.6 Å². The Hall–Kier alpha value is -1.94. The molecule has 0 heterocycles. The van der Waals surface area contributed by atoms with Crippen molar-refractivity contribution >= 4 is 39.5 Å². The van der Waals surface area contributed by atoms with Crippen LogP contribution in [0.5, 0.6) is 0 Å². The molecule has 0 aliphatic heterocycles. The Morgan fingerprint density at radius 3 is 0.947 bits per heavy atom. The summed E-state index contributed by atoms with van der Waals surface area (Å²) >= 11 is 0. The lowest BCUT2D eigenvalue weighted by atomic mass is 10.00. The lowest BCUT2D eigenvalue weighted by Gasteiger charge is -2.21. The number of carbonyl (C=O) groups is 4. The number of phosphoric ester groups is 2. The molecule has 0 aliphatic carbocycles. The molecule has 0 aliphatic rings. The van der Waals surface area contributed by atoms with Gasteiger partial charge in [-0.1, -0.05) is 221 Å². The van der Waals surface area contributed by atoms with Crippen molar-refractivity contribution in [1.29, 1.82) is 0 Å². The van der Waals surface area contributed by atoms with E-state index in [2.05, 4.69) is 34.6 Å². The summed E-state index contributed by atoms with van der Waals surface area (Å²) in [7, 11) is -9.86. The summed E-state index contributed by atoms with van der Waals surface area (Å²) in [4.78, 5) is 71.5. The van der Waals surface area contributed by atoms with Crippen LogP contribution in [-0.2, 0) is 65.4 Å². The van der Waals surface area contributed by atoms with Gasteiger partial charge in [-0.05, 0) is 31.6 Å². The molecule has 0 fully saturated rings. The van der Waals surface area contributed by atoms with E-state index in [1.165, 1.54) is 77.0 Å². The van der Waals surface area contributed by atoms with E-state index in [-0.39, 0.29) is 25.7 Å². The number of hydrogen-bond donors (Lipinski definition) is 3. The predicted octanol–water partition coefficient (Wildman–Crippen LogP) is 14.7. The van der Waals surface area contributed by atoms with Crippen molar-refractivity contribution in [2.24, 2.45) is 5.92 Å². The molecule has 17 nitrogen and oxygen atoms in total. The number of aliphatic hydroxyl groups is 1. The summed E-state index contributed by atoms with van der Waals surface area (Å²) in [6.07, 6.45) is 31.1. The number of carbonyl (C=O) groups excluding carboxylic acids is 4. The smallest absolute Gasteiger partial charge is 0.462 e. The Morgan fingerprint density at radius 1 is 0.373 bits per heavy atom. The summed E-state index contributed by atoms with van der Waals surface area (Å²) in [5.41, 5.74) is 0. The fourth-order valence-electron chi connectivity index (χ4n) is 8.14. The molecule has 0 saturated heterocycles. The molecule has 0 rings (SSSR count). The molecule has 0 radical (unpaired) electrons. The first-order valence-corrected chi connectivity index (χ1v) is 32.7. The lowest BCUT2D eigenvalue weighted by molar-refractivity contribution is -0.161. The van der Waals surface area contributed by atoms with Gasteiger partial charge in [0.05, 0.1) is 26.4 Å². The van der Waals surface area contributed by atoms with Gasteiger partial charge < -0.3 is 33.8 Å². The van der Waals surface area contributed by atoms with E-state index < -0.39 is 97.5 Å². The number of ether oxygens (including phenoxy) is 4. The topological polar surface area (TPSA) is 237 Å². The van der Waals surface area contributed by atoms with Gasteiger partial charge in [0.2, 0.25) is 0 Å². The first-order valence-electron chi connectivity index (χ1n) is 29.7. The lowest BCUT2D eigenvalue weighted by Crippen LogP contribution is -2.30. The number of hydrogen-bond acceptors (Lipinski definition) is 15. The van der Waals surface area contributed by atoms with E-state index in [0.717, 1.165) is 115 Å². The summed E-state index contributed by atoms with van der Waals surface area (Å²) in [6.45, 7) is 6.97. The van der Waals surface area contributed by atoms with Crippen molar-refractivity contribution in [3.63, 3.8) is 0 Å². The zero-order chi connectivity index (χ0) is 55.7. The highest BCUT2D eigenvalue weighted by Crippen LogP contribution is 2.45. The number of rotatable bonds is 56. The zero-order valence-corrected chi connectivity index (χ0v) is 49.5. The largest absolute Gasteiger partial charge is 0.472 e. The zero-order valence-electron chi connectivity index (χ0n) is 47.7. The Balaban J connectivity index is 5.19. The molecule has 3 N–H and O–H groups in total. The van der Waals surface area contributed by atoms with Crippen molar-refractivity contribution in [2.45, 2.75) is 291 Å². The molecular formula is C56H108O17P2. The van der Waals surface area contributed by atoms with Crippen LogP contribution in [0.25, 0.3) is 0 Å². The number of unbranched alkanes of at least 4 members (excludes halogenated alkanes) is 27. The van der Waals surface area contributed by atoms with Gasteiger partial charge in [0.1, 0.15) is 19.3 Å². The van der Waals surface area contributed by atoms with E-state index in [4.69, 9.17) is 37.0 Å². The van der Waals surface area contributed by atoms with Gasteiger partial charge in [0.15, 0.2) is 12.2 Å². The summed E-state index contributed by atoms with van der Waals surface area (Å²) in [6, 6.07) is 0. The average molecular weight is 1120 g/mol. The second-order valence-corrected chi connectivity index (χ2v) is 23.5. The predicted molar refractivity (Wildman–Crippen MR) is 294 cm³/mol. The normalized spacial score (nSPS) is 14.8. The van der Waals surface area contributed by atoms with Gasteiger partial charge >= 0.3 is 39.5 Å². The van der Waals surface area contributed by atoms with Crippen LogP contribution in [0, 0.1) is 5.92 Å². The van der Waals surface area contributed by atoms with Crippen LogP contribution < -0.4 is 0 Å². The minimum atomic E-state index is -4.93. The van der Waals surface area contributed by atoms with E-state index >= 15 is 0 Å². The standard InChI is InChI=1S/C56H108O17P2/c1-6-10-13-16-18-20-21-22-23-25-32-37-42-56(61)73-52(46-67-54(59)40-35-30-27-26-29-33-38-49(5)9-4)48-71-75(64,65)69-44-50(57)43-68-74(62,63)70-47-51(45-66-53(58)39-34-28-15-12-8-3)72-55(60)41-36-31-24-19-17-14-11-7-2/h49-52,57H,6-48H2,1-5H3,(H,62,63)(H,64,65)/t49?,50-,51+,52+/m0/s1. The molecule has 0 aromatic rings. The summed E-state index contributed by atoms with van der Waals surface area (Å²) < 4.78 is 67.4. The third kappa shape index (κ3) is 50.1. The van der Waals surface area contributed by atoms with Crippen LogP contribution in [0.1, 0.15) is 272 Å². The van der Waals surface area contributed by atoms with E-state index in [1.807, 2.05) is 0 Å². The molecule has 6 atom stereocenters. The van der Waals surface area contributed by atoms with Crippen LogP contribution in [-0.4, -0.2) is 96.7 Å². The first-order chi connectivity index (χ1) is 36.1. The number of esters is 4. The van der Waals surface area contributed by atoms with Crippen molar-refractivity contribution in [3.05, 3.63) is 0 Å². The third-order valence-corrected chi connectivity index (χ3v) is 15.0. The maximum atomic E-state index is 12.9. The molecule has 0 spiro atoms. The molecule has 444 valence electrons. The second-order valence-electron chi connectivity index (χ2n) is 20.6. The van der Waals surface area contributed by atoms with Crippen molar-refractivity contribution in [1.82, 2.24) is 0 Å². The van der Waals surface area contributed by atoms with Gasteiger partial charge in [-0.2, -0.15) is 0 Å². The quantitative estimate of drug-likeness (QED) is 0.0222. The minimum absolute atomic E-state index is 0.104. The molecule has 0 amide bonds. The minimum Gasteiger partial charge on any atom is -0.462 e. The van der Waals surface area contributed by atoms with Crippen molar-refractivity contribution in [2.75, 3.05) is 39.6 Å². The van der Waals surface area contributed by atoms with Crippen molar-refractivity contribution in [3.8, 4) is 0 Å². The third-order valence-electron chi connectivity index (χ3n) is 13.1. The summed E-state index contributed by atoms with van der Waals surface area (Å²) in [5, 5.41) is 10.5. The SMILES string of the molecule is CCCCCCCCCCCCCCC(=O)O[C@H](COC(=O)CCCCCCCCC(C)CC)COP(=O)(O)OC[C@@H](O)COP(=O)(O)OC[C@@H](COC(=O)CCCCCCC)OC(=O)CCCCCCCCCC. The molecule has 0 aromatic heterocycles. The van der Waals surface area contributed by atoms with Gasteiger partial charge in [-0.25, -0.2) is 9.13 Å². The molecule has 0 bridgehead atoms. The maximum Gasteiger partial charge on any atom is 0.472 e. The van der Waals surface area contributed by atoms with E-state index in [9.17, 15) is 43.2 Å². The van der Waals surface area contributed by atoms with E-state index in [0.29, 0.717) is 25.7 Å². The fraction of sp³-hybridized carbons (Fsp3) is 0.929. The summed E-state index contributed by atoms with van der Waals surface area (Å²) in [5.74, 6) is -1.43. The highest BCUT2D eigenvalue weighted by Gasteiger charge is 2.30. The molecule has 3 unspecified atom stereocenters. The number of aliphatic hydroxyl groups excluding tert-OH is 1. The van der Waals surface area contributed by atoms with E-state index in [1.54, 1.807) is 0 Å². The molecule has 75 heavy (non-hydrogen) atoms. The molecule has 19 heteroatoms. The maximum absolute atomic E-state index is 12.9. The Labute approximate surface area is 454 Å². The molecule has 0 aromatic carbocycles. The van der Waals surface area contributed by atoms with Gasteiger partial charge in [-0.3, -0.25) is 37.3 Å². The molecule has 0 saturated carbocycles.